The Balaban J connectivity index is 0.000000202. The number of benzene rings is 6. The van der Waals surface area contributed by atoms with E-state index in [-0.39, 0.29) is 39.1 Å². The summed E-state index contributed by atoms with van der Waals surface area (Å²) < 4.78 is 42.9. The van der Waals surface area contributed by atoms with Crippen molar-refractivity contribution in [2.75, 3.05) is 7.11 Å². The second-order valence-electron chi connectivity index (χ2n) is 10.9. The first-order valence-electron chi connectivity index (χ1n) is 16.1. The number of carbonyl (C=O) groups excluding carboxylic acids is 2. The van der Waals surface area contributed by atoms with E-state index in [1.165, 1.54) is 72.5 Å². The molecular formula is C43H32AgF3N2O6. The predicted octanol–water partition coefficient (Wildman–Crippen LogP) is 9.73. The summed E-state index contributed by atoms with van der Waals surface area (Å²) in [5.74, 6) is -4.58. The maximum atomic E-state index is 13.3. The molecule has 6 aromatic carbocycles. The topological polar surface area (TPSA) is 115 Å². The minimum atomic E-state index is -1.24. The fourth-order valence-electron chi connectivity index (χ4n) is 4.62. The molecule has 0 atom stereocenters. The monoisotopic (exact) mass is 836 g/mol. The van der Waals surface area contributed by atoms with Crippen molar-refractivity contribution in [1.29, 1.82) is 0 Å². The van der Waals surface area contributed by atoms with Gasteiger partial charge in [0.15, 0.2) is 0 Å². The number of ether oxygens (including phenoxy) is 1. The van der Waals surface area contributed by atoms with Crippen molar-refractivity contribution in [1.82, 2.24) is 4.98 Å². The maximum absolute atomic E-state index is 13.3. The molecule has 1 aromatic heterocycles. The molecule has 0 fully saturated rings. The van der Waals surface area contributed by atoms with Crippen molar-refractivity contribution in [3.05, 3.63) is 198 Å². The van der Waals surface area contributed by atoms with Gasteiger partial charge in [-0.05, 0) is 65.9 Å². The number of carboxylic acid groups (broad SMARTS) is 1. The number of nitrogens with zero attached hydrogens (tertiary/aromatic N) is 2. The van der Waals surface area contributed by atoms with Gasteiger partial charge < -0.3 is 19.7 Å². The molecule has 0 bridgehead atoms. The third kappa shape index (κ3) is 12.6. The number of aromatic nitrogens is 1. The van der Waals surface area contributed by atoms with Crippen LogP contribution < -0.4 is 0 Å². The largest absolute Gasteiger partial charge is 1.00 e. The molecule has 1 N–H and O–H groups in total. The molecule has 0 spiro atoms. The van der Waals surface area contributed by atoms with Crippen LogP contribution in [0.25, 0.3) is 21.7 Å². The Morgan fingerprint density at radius 2 is 1.15 bits per heavy atom. The number of hydrogen-bond acceptors (Lipinski definition) is 7. The quantitative estimate of drug-likeness (QED) is 0.0349. The molecule has 55 heavy (non-hydrogen) atoms. The van der Waals surface area contributed by atoms with E-state index < -0.39 is 35.4 Å². The second-order valence-corrected chi connectivity index (χ2v) is 10.9. The van der Waals surface area contributed by atoms with Gasteiger partial charge in [0.25, 0.3) is 0 Å². The summed E-state index contributed by atoms with van der Waals surface area (Å²) in [5, 5.41) is 15.5. The first-order chi connectivity index (χ1) is 26.1. The van der Waals surface area contributed by atoms with Crippen LogP contribution >= 0.6 is 0 Å². The standard InChI is InChI=1S/C15H12FNO2.C13H8N.C8H7FO2.C7H5FO2.Ag/c1-11(12-7-3-2-4-8-12)17-19-15(18)13-9-5-6-10-14(13)16;1-2-6-12-10(4-1)7-8-11-5-3-9-14-13(11)12;1-11-8(10)6-4-2-3-5-7(6)9;8-6-4-2-1-3-5(6)7(9)10;/h2-10H,1H3;1-5,7-9H;2-5H,1H3;1-4H,(H,9,10);/q;-1;;;+1/b17-11-;;;;. The van der Waals surface area contributed by atoms with Crippen LogP contribution in [0.4, 0.5) is 13.2 Å². The molecule has 0 aliphatic heterocycles. The van der Waals surface area contributed by atoms with Crippen molar-refractivity contribution in [2.45, 2.75) is 6.92 Å². The molecule has 0 unspecified atom stereocenters. The summed E-state index contributed by atoms with van der Waals surface area (Å²) >= 11 is 0. The summed E-state index contributed by atoms with van der Waals surface area (Å²) in [6.07, 6.45) is 1.82. The van der Waals surface area contributed by atoms with Crippen LogP contribution in [-0.2, 0) is 32.0 Å². The SMILES string of the molecule is C/C(=N/OC(=O)c1ccccc1F)c1ccccc1.COC(=O)c1ccccc1F.O=C(O)c1ccccc1F.[Ag+].[c-]1cccc2ccc3cccnc3c12. The van der Waals surface area contributed by atoms with E-state index in [1.807, 2.05) is 54.7 Å². The fraction of sp³-hybridized carbons (Fsp3) is 0.0465. The van der Waals surface area contributed by atoms with Crippen LogP contribution in [0.3, 0.4) is 0 Å². The van der Waals surface area contributed by atoms with E-state index in [4.69, 9.17) is 9.94 Å². The molecule has 0 saturated carbocycles. The molecule has 7 aromatic rings. The number of carboxylic acids is 1. The summed E-state index contributed by atoms with van der Waals surface area (Å²) in [5.41, 5.74) is 1.96. The fourth-order valence-corrected chi connectivity index (χ4v) is 4.62. The molecule has 0 amide bonds. The van der Waals surface area contributed by atoms with E-state index in [1.54, 1.807) is 19.1 Å². The Morgan fingerprint density at radius 3 is 1.69 bits per heavy atom. The number of aromatic carboxylic acids is 1. The Bertz CT molecular complexity index is 2340. The number of carbonyl (C=O) groups is 3. The van der Waals surface area contributed by atoms with Crippen LogP contribution in [-0.4, -0.2) is 40.8 Å². The van der Waals surface area contributed by atoms with Crippen molar-refractivity contribution in [2.24, 2.45) is 5.16 Å². The molecular weight excluding hydrogens is 805 g/mol. The second kappa shape index (κ2) is 22.0. The zero-order valence-corrected chi connectivity index (χ0v) is 30.7. The number of pyridine rings is 1. The first kappa shape index (κ1) is 43.0. The van der Waals surface area contributed by atoms with Crippen LogP contribution in [0.1, 0.15) is 43.6 Å². The van der Waals surface area contributed by atoms with Crippen LogP contribution in [0, 0.1) is 23.5 Å². The average molecular weight is 838 g/mol. The molecule has 7 rings (SSSR count). The van der Waals surface area contributed by atoms with Crippen LogP contribution in [0.2, 0.25) is 0 Å². The normalized spacial score (nSPS) is 10.2. The van der Waals surface area contributed by atoms with Crippen LogP contribution in [0.15, 0.2) is 157 Å². The van der Waals surface area contributed by atoms with Gasteiger partial charge in [0.05, 0.1) is 29.5 Å². The van der Waals surface area contributed by atoms with Gasteiger partial charge in [-0.1, -0.05) is 90.1 Å². The number of fused-ring (bicyclic) bond motifs is 3. The van der Waals surface area contributed by atoms with Gasteiger partial charge in [-0.2, -0.15) is 0 Å². The van der Waals surface area contributed by atoms with Gasteiger partial charge in [-0.25, -0.2) is 27.6 Å². The summed E-state index contributed by atoms with van der Waals surface area (Å²) in [4.78, 5) is 41.7. The summed E-state index contributed by atoms with van der Waals surface area (Å²) in [7, 11) is 1.22. The van der Waals surface area contributed by atoms with Crippen molar-refractivity contribution in [3.63, 3.8) is 0 Å². The Kier molecular flexibility index (Phi) is 17.2. The Hall–Kier alpha value is -6.40. The third-order valence-corrected chi connectivity index (χ3v) is 7.34. The zero-order chi connectivity index (χ0) is 38.9. The number of hydrogen-bond donors (Lipinski definition) is 1. The number of esters is 1. The maximum Gasteiger partial charge on any atom is 1.00 e. The zero-order valence-electron chi connectivity index (χ0n) is 29.3. The molecule has 8 nitrogen and oxygen atoms in total. The molecule has 12 heteroatoms. The molecule has 0 aliphatic rings. The van der Waals surface area contributed by atoms with Crippen molar-refractivity contribution >= 4 is 45.3 Å². The first-order valence-corrected chi connectivity index (χ1v) is 16.1. The van der Waals surface area contributed by atoms with Gasteiger partial charge in [0.2, 0.25) is 0 Å². The molecule has 0 aliphatic carbocycles. The number of rotatable bonds is 5. The van der Waals surface area contributed by atoms with E-state index in [0.717, 1.165) is 22.5 Å². The van der Waals surface area contributed by atoms with E-state index >= 15 is 0 Å². The Labute approximate surface area is 330 Å². The van der Waals surface area contributed by atoms with Gasteiger partial charge in [0.1, 0.15) is 17.5 Å². The smallest absolute Gasteiger partial charge is 0.478 e. The van der Waals surface area contributed by atoms with Gasteiger partial charge in [0, 0.05) is 6.20 Å². The van der Waals surface area contributed by atoms with Crippen molar-refractivity contribution in [3.8, 4) is 0 Å². The van der Waals surface area contributed by atoms with Crippen LogP contribution in [0.5, 0.6) is 0 Å². The van der Waals surface area contributed by atoms with Gasteiger partial charge >= 0.3 is 40.3 Å². The minimum absolute atomic E-state index is 0. The summed E-state index contributed by atoms with van der Waals surface area (Å²) in [6.45, 7) is 1.71. The Morgan fingerprint density at radius 1 is 0.636 bits per heavy atom. The molecule has 0 saturated heterocycles. The number of oxime groups is 1. The molecule has 1 heterocycles. The number of methoxy groups -OCH3 is 1. The average Bonchev–Trinajstić information content (AvgIpc) is 3.21. The summed E-state index contributed by atoms with van der Waals surface area (Å²) in [6, 6.07) is 43.3. The number of halogens is 3. The van der Waals surface area contributed by atoms with E-state index in [0.29, 0.717) is 5.71 Å². The molecule has 282 valence electrons. The van der Waals surface area contributed by atoms with E-state index in [2.05, 4.69) is 45.2 Å². The molecule has 0 radical (unpaired) electrons. The third-order valence-electron chi connectivity index (χ3n) is 7.34. The van der Waals surface area contributed by atoms with E-state index in [9.17, 15) is 27.6 Å². The minimum Gasteiger partial charge on any atom is -0.478 e. The van der Waals surface area contributed by atoms with Crippen molar-refractivity contribution < 1.29 is 64.6 Å². The van der Waals surface area contributed by atoms with Gasteiger partial charge in [-0.15, -0.1) is 35.0 Å². The van der Waals surface area contributed by atoms with Gasteiger partial charge in [-0.3, -0.25) is 0 Å². The predicted molar refractivity (Wildman–Crippen MR) is 200 cm³/mol.